The highest BCUT2D eigenvalue weighted by Crippen LogP contribution is 2.30. The molecule has 0 saturated heterocycles. The number of anilines is 1. The Bertz CT molecular complexity index is 1340. The van der Waals surface area contributed by atoms with Crippen molar-refractivity contribution in [2.45, 2.75) is 24.4 Å². The molecule has 190 valence electrons. The van der Waals surface area contributed by atoms with Gasteiger partial charge in [0.2, 0.25) is 11.8 Å². The summed E-state index contributed by atoms with van der Waals surface area (Å²) in [5, 5.41) is 2.80. The Morgan fingerprint density at radius 2 is 1.56 bits per heavy atom. The number of benzene rings is 3. The van der Waals surface area contributed by atoms with Gasteiger partial charge in [-0.1, -0.05) is 59.6 Å². The maximum Gasteiger partial charge on any atom is 0.264 e. The van der Waals surface area contributed by atoms with Gasteiger partial charge in [-0.25, -0.2) is 12.8 Å². The number of amides is 2. The van der Waals surface area contributed by atoms with E-state index in [1.54, 1.807) is 24.3 Å². The van der Waals surface area contributed by atoms with Gasteiger partial charge in [0.1, 0.15) is 18.4 Å². The first kappa shape index (κ1) is 27.4. The van der Waals surface area contributed by atoms with Crippen LogP contribution in [-0.4, -0.2) is 44.8 Å². The van der Waals surface area contributed by atoms with Crippen molar-refractivity contribution in [2.75, 3.05) is 17.9 Å². The molecule has 0 radical (unpaired) electrons. The predicted molar refractivity (Wildman–Crippen MR) is 138 cm³/mol. The van der Waals surface area contributed by atoms with Gasteiger partial charge in [-0.05, 0) is 43.3 Å². The highest BCUT2D eigenvalue weighted by molar-refractivity contribution is 7.92. The van der Waals surface area contributed by atoms with Crippen LogP contribution in [0, 0.1) is 5.82 Å². The van der Waals surface area contributed by atoms with Gasteiger partial charge in [-0.3, -0.25) is 13.9 Å². The van der Waals surface area contributed by atoms with Crippen molar-refractivity contribution in [1.29, 1.82) is 0 Å². The SMILES string of the molecule is CNC(=O)[C@H](C)N(Cc1ccccc1F)C(=O)CN(c1cc(Cl)cc(Cl)c1)S(=O)(=O)c1ccccc1. The molecule has 11 heteroatoms. The zero-order chi connectivity index (χ0) is 26.5. The Morgan fingerprint density at radius 3 is 2.14 bits per heavy atom. The zero-order valence-electron chi connectivity index (χ0n) is 19.5. The molecule has 2 amide bonds. The smallest absolute Gasteiger partial charge is 0.264 e. The summed E-state index contributed by atoms with van der Waals surface area (Å²) in [5.74, 6) is -1.79. The van der Waals surface area contributed by atoms with Crippen molar-refractivity contribution < 1.29 is 22.4 Å². The van der Waals surface area contributed by atoms with Crippen LogP contribution in [0.2, 0.25) is 10.0 Å². The molecular weight excluding hydrogens is 528 g/mol. The lowest BCUT2D eigenvalue weighted by Gasteiger charge is -2.32. The fourth-order valence-corrected chi connectivity index (χ4v) is 5.47. The Balaban J connectivity index is 2.07. The van der Waals surface area contributed by atoms with Crippen LogP contribution < -0.4 is 9.62 Å². The number of likely N-dealkylation sites (N-methyl/N-ethyl adjacent to an activating group) is 1. The third-order valence-electron chi connectivity index (χ3n) is 5.46. The van der Waals surface area contributed by atoms with Crippen molar-refractivity contribution in [3.05, 3.63) is 94.2 Å². The predicted octanol–water partition coefficient (Wildman–Crippen LogP) is 4.49. The van der Waals surface area contributed by atoms with Crippen LogP contribution in [0.15, 0.2) is 77.7 Å². The summed E-state index contributed by atoms with van der Waals surface area (Å²) in [6.45, 7) is 0.531. The van der Waals surface area contributed by atoms with E-state index in [1.807, 2.05) is 0 Å². The van der Waals surface area contributed by atoms with Gasteiger partial charge in [-0.15, -0.1) is 0 Å². The van der Waals surface area contributed by atoms with Crippen molar-refractivity contribution in [3.8, 4) is 0 Å². The largest absolute Gasteiger partial charge is 0.357 e. The van der Waals surface area contributed by atoms with Gasteiger partial charge >= 0.3 is 0 Å². The summed E-state index contributed by atoms with van der Waals surface area (Å²) in [6.07, 6.45) is 0. The molecule has 0 spiro atoms. The Hall–Kier alpha value is -3.14. The molecule has 7 nitrogen and oxygen atoms in total. The lowest BCUT2D eigenvalue weighted by molar-refractivity contribution is -0.139. The molecule has 0 bridgehead atoms. The van der Waals surface area contributed by atoms with Crippen LogP contribution in [-0.2, 0) is 26.2 Å². The highest BCUT2D eigenvalue weighted by atomic mass is 35.5. The van der Waals surface area contributed by atoms with Crippen LogP contribution in [0.3, 0.4) is 0 Å². The molecule has 3 aromatic rings. The first-order valence-corrected chi connectivity index (χ1v) is 13.0. The molecular formula is C25H24Cl2FN3O4S. The normalized spacial score (nSPS) is 12.0. The van der Waals surface area contributed by atoms with E-state index >= 15 is 0 Å². The van der Waals surface area contributed by atoms with E-state index in [0.29, 0.717) is 0 Å². The maximum atomic E-state index is 14.4. The summed E-state index contributed by atoms with van der Waals surface area (Å²) in [4.78, 5) is 27.1. The molecule has 0 aliphatic rings. The molecule has 0 fully saturated rings. The van der Waals surface area contributed by atoms with Crippen LogP contribution in [0.5, 0.6) is 0 Å². The molecule has 0 aliphatic carbocycles. The average Bonchev–Trinajstić information content (AvgIpc) is 2.85. The van der Waals surface area contributed by atoms with Gasteiger partial charge < -0.3 is 10.2 Å². The van der Waals surface area contributed by atoms with Crippen molar-refractivity contribution in [2.24, 2.45) is 0 Å². The van der Waals surface area contributed by atoms with Crippen LogP contribution in [0.1, 0.15) is 12.5 Å². The standard InChI is InChI=1S/C25H24Cl2FN3O4S/c1-17(25(33)29-2)30(15-18-8-6-7-11-23(18)28)24(32)16-31(21-13-19(26)12-20(27)14-21)36(34,35)22-9-4-3-5-10-22/h3-14,17H,15-16H2,1-2H3,(H,29,33)/t17-/m0/s1. The molecule has 3 aromatic carbocycles. The summed E-state index contributed by atoms with van der Waals surface area (Å²) in [6, 6.07) is 16.5. The molecule has 36 heavy (non-hydrogen) atoms. The van der Waals surface area contributed by atoms with E-state index in [0.717, 1.165) is 9.21 Å². The van der Waals surface area contributed by atoms with Crippen LogP contribution >= 0.6 is 23.2 Å². The summed E-state index contributed by atoms with van der Waals surface area (Å²) in [5.41, 5.74) is 0.230. The Morgan fingerprint density at radius 1 is 0.972 bits per heavy atom. The fraction of sp³-hybridized carbons (Fsp3) is 0.200. The number of hydrogen-bond acceptors (Lipinski definition) is 4. The third kappa shape index (κ3) is 6.34. The minimum absolute atomic E-state index is 0.0585. The van der Waals surface area contributed by atoms with Gasteiger partial charge in [0, 0.05) is 29.2 Å². The quantitative estimate of drug-likeness (QED) is 0.424. The Kier molecular flexibility index (Phi) is 8.94. The van der Waals surface area contributed by atoms with Crippen molar-refractivity contribution in [1.82, 2.24) is 10.2 Å². The van der Waals surface area contributed by atoms with E-state index in [2.05, 4.69) is 5.32 Å². The lowest BCUT2D eigenvalue weighted by Crippen LogP contribution is -2.50. The molecule has 3 rings (SSSR count). The summed E-state index contributed by atoms with van der Waals surface area (Å²) >= 11 is 12.3. The number of hydrogen-bond donors (Lipinski definition) is 1. The average molecular weight is 552 g/mol. The second-order valence-electron chi connectivity index (χ2n) is 7.86. The second kappa shape index (κ2) is 11.7. The van der Waals surface area contributed by atoms with E-state index in [4.69, 9.17) is 23.2 Å². The molecule has 0 aliphatic heterocycles. The number of nitrogens with one attached hydrogen (secondary N) is 1. The zero-order valence-corrected chi connectivity index (χ0v) is 21.8. The van der Waals surface area contributed by atoms with Gasteiger partial charge in [0.25, 0.3) is 10.0 Å². The Labute approximate surface area is 219 Å². The summed E-state index contributed by atoms with van der Waals surface area (Å²) < 4.78 is 42.5. The van der Waals surface area contributed by atoms with E-state index in [9.17, 15) is 22.4 Å². The maximum absolute atomic E-state index is 14.4. The number of nitrogens with zero attached hydrogens (tertiary/aromatic N) is 2. The number of carbonyl (C=O) groups is 2. The van der Waals surface area contributed by atoms with Crippen LogP contribution in [0.25, 0.3) is 0 Å². The van der Waals surface area contributed by atoms with Gasteiger partial charge in [0.05, 0.1) is 10.6 Å². The topological polar surface area (TPSA) is 86.8 Å². The molecule has 0 heterocycles. The van der Waals surface area contributed by atoms with Gasteiger partial charge in [-0.2, -0.15) is 0 Å². The molecule has 1 N–H and O–H groups in total. The minimum atomic E-state index is -4.25. The number of rotatable bonds is 9. The molecule has 1 atom stereocenters. The number of halogens is 3. The van der Waals surface area contributed by atoms with Crippen molar-refractivity contribution in [3.63, 3.8) is 0 Å². The van der Waals surface area contributed by atoms with Crippen molar-refractivity contribution >= 4 is 50.7 Å². The third-order valence-corrected chi connectivity index (χ3v) is 7.68. The van der Waals surface area contributed by atoms with Crippen LogP contribution in [0.4, 0.5) is 10.1 Å². The van der Waals surface area contributed by atoms with E-state index in [-0.39, 0.29) is 32.7 Å². The van der Waals surface area contributed by atoms with E-state index in [1.165, 1.54) is 62.5 Å². The molecule has 0 unspecified atom stereocenters. The second-order valence-corrected chi connectivity index (χ2v) is 10.6. The number of sulfonamides is 1. The van der Waals surface area contributed by atoms with E-state index < -0.39 is 40.2 Å². The fourth-order valence-electron chi connectivity index (χ4n) is 3.53. The first-order chi connectivity index (χ1) is 17.0. The highest BCUT2D eigenvalue weighted by Gasteiger charge is 2.32. The minimum Gasteiger partial charge on any atom is -0.357 e. The van der Waals surface area contributed by atoms with Gasteiger partial charge in [0.15, 0.2) is 0 Å². The lowest BCUT2D eigenvalue weighted by atomic mass is 10.1. The summed E-state index contributed by atoms with van der Waals surface area (Å²) in [7, 11) is -2.85. The molecule has 0 saturated carbocycles. The first-order valence-electron chi connectivity index (χ1n) is 10.8. The monoisotopic (exact) mass is 551 g/mol. The molecule has 0 aromatic heterocycles. The number of carbonyl (C=O) groups excluding carboxylic acids is 2.